The number of furan rings is 1. The van der Waals surface area contributed by atoms with E-state index in [1.807, 2.05) is 11.0 Å². The maximum Gasteiger partial charge on any atom is 0.289 e. The first kappa shape index (κ1) is 19.2. The Hall–Kier alpha value is -3.08. The molecule has 0 bridgehead atoms. The first-order chi connectivity index (χ1) is 14.2. The predicted molar refractivity (Wildman–Crippen MR) is 108 cm³/mol. The monoisotopic (exact) mass is 393 g/mol. The van der Waals surface area contributed by atoms with E-state index in [4.69, 9.17) is 9.15 Å². The zero-order valence-electron chi connectivity index (χ0n) is 16.2. The molecule has 1 amide bonds. The van der Waals surface area contributed by atoms with Gasteiger partial charge in [0.05, 0.1) is 0 Å². The van der Waals surface area contributed by atoms with Crippen molar-refractivity contribution in [3.8, 4) is 5.75 Å². The molecule has 29 heavy (non-hydrogen) atoms. The van der Waals surface area contributed by atoms with Crippen molar-refractivity contribution in [2.45, 2.75) is 25.9 Å². The van der Waals surface area contributed by atoms with Gasteiger partial charge in [-0.2, -0.15) is 0 Å². The zero-order chi connectivity index (χ0) is 20.1. The Labute approximate surface area is 169 Å². The molecular weight excluding hydrogens is 369 g/mol. The highest BCUT2D eigenvalue weighted by Crippen LogP contribution is 2.23. The summed E-state index contributed by atoms with van der Waals surface area (Å²) in [6, 6.07) is 19.7. The number of amides is 1. The molecule has 0 N–H and O–H groups in total. The number of carbonyl (C=O) groups is 1. The Bertz CT molecular complexity index is 928. The molecule has 1 saturated heterocycles. The summed E-state index contributed by atoms with van der Waals surface area (Å²) in [6.07, 6.45) is 3.07. The SMILES string of the molecule is O=C(c1ccc(COc2ccc(F)cc2)o1)N1CCC(Cc2ccccc2)CC1. The topological polar surface area (TPSA) is 42.7 Å². The summed E-state index contributed by atoms with van der Waals surface area (Å²) >= 11 is 0. The van der Waals surface area contributed by atoms with Crippen molar-refractivity contribution in [3.63, 3.8) is 0 Å². The normalized spacial score (nSPS) is 14.7. The number of benzene rings is 2. The van der Waals surface area contributed by atoms with Crippen LogP contribution < -0.4 is 4.74 Å². The van der Waals surface area contributed by atoms with Gasteiger partial charge in [-0.15, -0.1) is 0 Å². The van der Waals surface area contributed by atoms with Crippen LogP contribution in [0.25, 0.3) is 0 Å². The van der Waals surface area contributed by atoms with E-state index in [0.717, 1.165) is 32.4 Å². The Morgan fingerprint density at radius 2 is 1.72 bits per heavy atom. The molecule has 5 heteroatoms. The zero-order valence-corrected chi connectivity index (χ0v) is 16.2. The summed E-state index contributed by atoms with van der Waals surface area (Å²) in [5.41, 5.74) is 1.36. The Kier molecular flexibility index (Phi) is 5.94. The van der Waals surface area contributed by atoms with Crippen LogP contribution in [0.4, 0.5) is 4.39 Å². The largest absolute Gasteiger partial charge is 0.486 e. The van der Waals surface area contributed by atoms with E-state index in [1.54, 1.807) is 24.3 Å². The molecule has 2 heterocycles. The van der Waals surface area contributed by atoms with Gasteiger partial charge in [-0.05, 0) is 67.1 Å². The smallest absolute Gasteiger partial charge is 0.289 e. The standard InChI is InChI=1S/C24H24FNO3/c25-20-6-8-21(9-7-20)28-17-22-10-11-23(29-22)24(27)26-14-12-19(13-15-26)16-18-4-2-1-3-5-18/h1-11,19H,12-17H2. The molecule has 2 aromatic carbocycles. The van der Waals surface area contributed by atoms with Crippen LogP contribution in [0.5, 0.6) is 5.75 Å². The van der Waals surface area contributed by atoms with Crippen molar-refractivity contribution in [1.29, 1.82) is 0 Å². The second-order valence-electron chi connectivity index (χ2n) is 7.43. The Morgan fingerprint density at radius 1 is 1.00 bits per heavy atom. The van der Waals surface area contributed by atoms with Gasteiger partial charge in [-0.1, -0.05) is 30.3 Å². The fraction of sp³-hybridized carbons (Fsp3) is 0.292. The van der Waals surface area contributed by atoms with Crippen molar-refractivity contribution < 1.29 is 18.3 Å². The number of likely N-dealkylation sites (tertiary alicyclic amines) is 1. The van der Waals surface area contributed by atoms with Gasteiger partial charge in [-0.3, -0.25) is 4.79 Å². The number of piperidine rings is 1. The second kappa shape index (κ2) is 8.95. The number of nitrogens with zero attached hydrogens (tertiary/aromatic N) is 1. The fourth-order valence-corrected chi connectivity index (χ4v) is 3.70. The van der Waals surface area contributed by atoms with Gasteiger partial charge in [-0.25, -0.2) is 4.39 Å². The molecular formula is C24H24FNO3. The van der Waals surface area contributed by atoms with Crippen molar-refractivity contribution in [1.82, 2.24) is 4.90 Å². The highest BCUT2D eigenvalue weighted by atomic mass is 19.1. The molecule has 0 spiro atoms. The van der Waals surface area contributed by atoms with Gasteiger partial charge in [0, 0.05) is 13.1 Å². The van der Waals surface area contributed by atoms with Crippen LogP contribution >= 0.6 is 0 Å². The van der Waals surface area contributed by atoms with E-state index in [2.05, 4.69) is 24.3 Å². The third-order valence-corrected chi connectivity index (χ3v) is 5.34. The van der Waals surface area contributed by atoms with Gasteiger partial charge < -0.3 is 14.1 Å². The minimum absolute atomic E-state index is 0.0730. The van der Waals surface area contributed by atoms with E-state index < -0.39 is 0 Å². The number of halogens is 1. The van der Waals surface area contributed by atoms with Gasteiger partial charge >= 0.3 is 0 Å². The molecule has 3 aromatic rings. The molecule has 0 radical (unpaired) electrons. The van der Waals surface area contributed by atoms with Gasteiger partial charge in [0.2, 0.25) is 0 Å². The van der Waals surface area contributed by atoms with E-state index in [0.29, 0.717) is 23.2 Å². The van der Waals surface area contributed by atoms with Gasteiger partial charge in [0.15, 0.2) is 5.76 Å². The van der Waals surface area contributed by atoms with Crippen LogP contribution in [-0.4, -0.2) is 23.9 Å². The minimum atomic E-state index is -0.309. The molecule has 4 rings (SSSR count). The Morgan fingerprint density at radius 3 is 2.45 bits per heavy atom. The lowest BCUT2D eigenvalue weighted by atomic mass is 9.90. The van der Waals surface area contributed by atoms with Crippen molar-refractivity contribution >= 4 is 5.91 Å². The summed E-state index contributed by atoms with van der Waals surface area (Å²) < 4.78 is 24.2. The molecule has 0 saturated carbocycles. The molecule has 1 aliphatic heterocycles. The maximum atomic E-state index is 12.9. The van der Waals surface area contributed by atoms with Crippen molar-refractivity contribution in [3.05, 3.63) is 89.6 Å². The van der Waals surface area contributed by atoms with Crippen molar-refractivity contribution in [2.24, 2.45) is 5.92 Å². The number of hydrogen-bond acceptors (Lipinski definition) is 3. The molecule has 0 aliphatic carbocycles. The molecule has 0 unspecified atom stereocenters. The lowest BCUT2D eigenvalue weighted by Gasteiger charge is -2.31. The highest BCUT2D eigenvalue weighted by molar-refractivity contribution is 5.91. The number of carbonyl (C=O) groups excluding carboxylic acids is 1. The van der Waals surface area contributed by atoms with Crippen LogP contribution in [0.2, 0.25) is 0 Å². The number of ether oxygens (including phenoxy) is 1. The number of rotatable bonds is 6. The fourth-order valence-electron chi connectivity index (χ4n) is 3.70. The van der Waals surface area contributed by atoms with Gasteiger partial charge in [0.1, 0.15) is 23.9 Å². The third kappa shape index (κ3) is 5.05. The average Bonchev–Trinajstić information content (AvgIpc) is 3.23. The summed E-state index contributed by atoms with van der Waals surface area (Å²) in [4.78, 5) is 14.6. The third-order valence-electron chi connectivity index (χ3n) is 5.34. The maximum absolute atomic E-state index is 12.9. The summed E-state index contributed by atoms with van der Waals surface area (Å²) in [7, 11) is 0. The molecule has 1 aromatic heterocycles. The Balaban J connectivity index is 1.27. The van der Waals surface area contributed by atoms with E-state index in [9.17, 15) is 9.18 Å². The summed E-state index contributed by atoms with van der Waals surface area (Å²) in [6.45, 7) is 1.69. The van der Waals surface area contributed by atoms with Crippen LogP contribution in [-0.2, 0) is 13.0 Å². The van der Waals surface area contributed by atoms with E-state index >= 15 is 0 Å². The molecule has 0 atom stereocenters. The lowest BCUT2D eigenvalue weighted by molar-refractivity contribution is 0.0654. The first-order valence-electron chi connectivity index (χ1n) is 9.97. The van der Waals surface area contributed by atoms with Crippen LogP contribution in [0.15, 0.2) is 71.1 Å². The minimum Gasteiger partial charge on any atom is -0.486 e. The second-order valence-corrected chi connectivity index (χ2v) is 7.43. The quantitative estimate of drug-likeness (QED) is 0.586. The van der Waals surface area contributed by atoms with Crippen LogP contribution in [0.3, 0.4) is 0 Å². The first-order valence-corrected chi connectivity index (χ1v) is 9.97. The van der Waals surface area contributed by atoms with Crippen LogP contribution in [0.1, 0.15) is 34.7 Å². The highest BCUT2D eigenvalue weighted by Gasteiger charge is 2.25. The van der Waals surface area contributed by atoms with Gasteiger partial charge in [0.25, 0.3) is 5.91 Å². The molecule has 1 fully saturated rings. The summed E-state index contributed by atoms with van der Waals surface area (Å²) in [5, 5.41) is 0. The van der Waals surface area contributed by atoms with E-state index in [-0.39, 0.29) is 18.3 Å². The number of hydrogen-bond donors (Lipinski definition) is 0. The molecule has 4 nitrogen and oxygen atoms in total. The summed E-state index contributed by atoms with van der Waals surface area (Å²) in [5.74, 6) is 1.68. The van der Waals surface area contributed by atoms with Crippen molar-refractivity contribution in [2.75, 3.05) is 13.1 Å². The lowest BCUT2D eigenvalue weighted by Crippen LogP contribution is -2.38. The van der Waals surface area contributed by atoms with Crippen LogP contribution in [0, 0.1) is 11.7 Å². The van der Waals surface area contributed by atoms with E-state index in [1.165, 1.54) is 17.7 Å². The molecule has 150 valence electrons. The predicted octanol–water partition coefficient (Wildman–Crippen LogP) is 5.09. The average molecular weight is 393 g/mol. The molecule has 1 aliphatic rings.